The summed E-state index contributed by atoms with van der Waals surface area (Å²) in [5.41, 5.74) is 1.07. The smallest absolute Gasteiger partial charge is 0.407 e. The Bertz CT molecular complexity index is 523. The summed E-state index contributed by atoms with van der Waals surface area (Å²) < 4.78 is 10.6. The van der Waals surface area contributed by atoms with Gasteiger partial charge in [0.05, 0.1) is 13.2 Å². The van der Waals surface area contributed by atoms with Gasteiger partial charge in [0.2, 0.25) is 0 Å². The van der Waals surface area contributed by atoms with Crippen molar-refractivity contribution in [3.05, 3.63) is 29.8 Å². The van der Waals surface area contributed by atoms with Crippen LogP contribution in [0.2, 0.25) is 0 Å². The Morgan fingerprint density at radius 1 is 1.28 bits per heavy atom. The third-order valence-corrected chi connectivity index (χ3v) is 4.33. The van der Waals surface area contributed by atoms with Gasteiger partial charge in [0, 0.05) is 19.7 Å². The number of hydrogen-bond acceptors (Lipinski definition) is 6. The average Bonchev–Trinajstić information content (AvgIpc) is 2.95. The van der Waals surface area contributed by atoms with Crippen LogP contribution in [0.5, 0.6) is 5.75 Å². The number of aliphatic hydroxyl groups excluding tert-OH is 2. The summed E-state index contributed by atoms with van der Waals surface area (Å²) in [5, 5.41) is 24.7. The largest absolute Gasteiger partial charge is 0.497 e. The van der Waals surface area contributed by atoms with Gasteiger partial charge in [-0.3, -0.25) is 0 Å². The molecular formula is C18H28N2O5. The standard InChI is InChI=1S/C18H28N2O5/c1-24-14-7-5-13(6-8-14)11-15-17(16(22)12-20-15)25-18(23)19-9-3-2-4-10-21/h5-8,15-17,20-22H,2-4,9-12H2,1H3,(H,19,23)/t15-,16+,17+/m1/s1. The van der Waals surface area contributed by atoms with Gasteiger partial charge in [-0.15, -0.1) is 0 Å². The molecular weight excluding hydrogens is 324 g/mol. The van der Waals surface area contributed by atoms with Crippen LogP contribution in [0, 0.1) is 0 Å². The number of benzene rings is 1. The lowest BCUT2D eigenvalue weighted by molar-refractivity contribution is 0.0190. The monoisotopic (exact) mass is 352 g/mol. The molecule has 0 radical (unpaired) electrons. The van der Waals surface area contributed by atoms with E-state index in [1.165, 1.54) is 0 Å². The summed E-state index contributed by atoms with van der Waals surface area (Å²) in [6.07, 6.45) is 1.20. The Morgan fingerprint density at radius 3 is 2.72 bits per heavy atom. The highest BCUT2D eigenvalue weighted by Crippen LogP contribution is 2.19. The molecule has 0 unspecified atom stereocenters. The molecule has 0 spiro atoms. The number of methoxy groups -OCH3 is 1. The Morgan fingerprint density at radius 2 is 2.04 bits per heavy atom. The third kappa shape index (κ3) is 6.19. The van der Waals surface area contributed by atoms with E-state index in [9.17, 15) is 9.90 Å². The molecule has 0 aromatic heterocycles. The molecule has 1 aromatic carbocycles. The summed E-state index contributed by atoms with van der Waals surface area (Å²) in [5.74, 6) is 0.788. The van der Waals surface area contributed by atoms with Crippen molar-refractivity contribution in [1.82, 2.24) is 10.6 Å². The number of nitrogens with one attached hydrogen (secondary N) is 2. The molecule has 1 saturated heterocycles. The normalized spacial score (nSPS) is 22.6. The number of carbonyl (C=O) groups is 1. The van der Waals surface area contributed by atoms with Gasteiger partial charge in [0.1, 0.15) is 18.0 Å². The number of ether oxygens (including phenoxy) is 2. The van der Waals surface area contributed by atoms with E-state index in [1.807, 2.05) is 24.3 Å². The number of carbonyl (C=O) groups excluding carboxylic acids is 1. The van der Waals surface area contributed by atoms with Crippen LogP contribution in [0.15, 0.2) is 24.3 Å². The number of unbranched alkanes of at least 4 members (excludes halogenated alkanes) is 2. The molecule has 1 amide bonds. The molecule has 3 atom stereocenters. The molecule has 7 nitrogen and oxygen atoms in total. The third-order valence-electron chi connectivity index (χ3n) is 4.33. The maximum Gasteiger partial charge on any atom is 0.407 e. The summed E-state index contributed by atoms with van der Waals surface area (Å²) >= 11 is 0. The molecule has 0 saturated carbocycles. The van der Waals surface area contributed by atoms with E-state index < -0.39 is 18.3 Å². The highest BCUT2D eigenvalue weighted by atomic mass is 16.6. The molecule has 140 valence electrons. The van der Waals surface area contributed by atoms with Crippen LogP contribution in [0.1, 0.15) is 24.8 Å². The molecule has 1 aromatic rings. The summed E-state index contributed by atoms with van der Waals surface area (Å²) in [6, 6.07) is 7.56. The minimum atomic E-state index is -0.719. The number of β-amino-alcohol motifs (C(OH)–C–C–N with tert-alkyl or cyclic N) is 1. The van der Waals surface area contributed by atoms with Gasteiger partial charge in [-0.25, -0.2) is 4.79 Å². The van der Waals surface area contributed by atoms with Crippen molar-refractivity contribution >= 4 is 6.09 Å². The van der Waals surface area contributed by atoms with Crippen molar-refractivity contribution in [1.29, 1.82) is 0 Å². The number of aliphatic hydroxyl groups is 2. The molecule has 4 N–H and O–H groups in total. The number of amides is 1. The van der Waals surface area contributed by atoms with E-state index in [4.69, 9.17) is 14.6 Å². The van der Waals surface area contributed by atoms with Gasteiger partial charge in [-0.05, 0) is 43.4 Å². The van der Waals surface area contributed by atoms with Gasteiger partial charge < -0.3 is 30.3 Å². The zero-order valence-electron chi connectivity index (χ0n) is 14.6. The first-order valence-electron chi connectivity index (χ1n) is 8.73. The molecule has 1 fully saturated rings. The summed E-state index contributed by atoms with van der Waals surface area (Å²) in [4.78, 5) is 11.9. The highest BCUT2D eigenvalue weighted by Gasteiger charge is 2.37. The lowest BCUT2D eigenvalue weighted by Gasteiger charge is -2.22. The van der Waals surface area contributed by atoms with Gasteiger partial charge in [-0.1, -0.05) is 12.1 Å². The van der Waals surface area contributed by atoms with Gasteiger partial charge in [-0.2, -0.15) is 0 Å². The van der Waals surface area contributed by atoms with E-state index in [1.54, 1.807) is 7.11 Å². The first-order chi connectivity index (χ1) is 12.1. The lowest BCUT2D eigenvalue weighted by atomic mass is 10.0. The average molecular weight is 352 g/mol. The highest BCUT2D eigenvalue weighted by molar-refractivity contribution is 5.67. The minimum Gasteiger partial charge on any atom is -0.497 e. The van der Waals surface area contributed by atoms with Crippen LogP contribution < -0.4 is 15.4 Å². The molecule has 0 bridgehead atoms. The maximum absolute atomic E-state index is 11.9. The number of alkyl carbamates (subject to hydrolysis) is 1. The fourth-order valence-corrected chi connectivity index (χ4v) is 2.91. The summed E-state index contributed by atoms with van der Waals surface area (Å²) in [6.45, 7) is 1.06. The van der Waals surface area contributed by atoms with E-state index in [2.05, 4.69) is 10.6 Å². The fraction of sp³-hybridized carbons (Fsp3) is 0.611. The van der Waals surface area contributed by atoms with Crippen molar-refractivity contribution in [3.63, 3.8) is 0 Å². The molecule has 2 rings (SSSR count). The van der Waals surface area contributed by atoms with E-state index in [-0.39, 0.29) is 12.6 Å². The SMILES string of the molecule is COc1ccc(C[C@H]2NC[C@H](O)[C@H]2OC(=O)NCCCCCO)cc1. The zero-order chi connectivity index (χ0) is 18.1. The molecule has 1 aliphatic rings. The Kier molecular flexibility index (Phi) is 7.97. The quantitative estimate of drug-likeness (QED) is 0.491. The van der Waals surface area contributed by atoms with Crippen molar-refractivity contribution in [2.24, 2.45) is 0 Å². The van der Waals surface area contributed by atoms with Crippen LogP contribution in [0.25, 0.3) is 0 Å². The van der Waals surface area contributed by atoms with Gasteiger partial charge >= 0.3 is 6.09 Å². The number of rotatable bonds is 9. The van der Waals surface area contributed by atoms with Crippen molar-refractivity contribution in [2.45, 2.75) is 43.9 Å². The maximum atomic E-state index is 11.9. The van der Waals surface area contributed by atoms with Crippen LogP contribution in [-0.4, -0.2) is 61.4 Å². The second-order valence-electron chi connectivity index (χ2n) is 6.22. The van der Waals surface area contributed by atoms with E-state index >= 15 is 0 Å². The molecule has 1 heterocycles. The van der Waals surface area contributed by atoms with Gasteiger partial charge in [0.25, 0.3) is 0 Å². The summed E-state index contributed by atoms with van der Waals surface area (Å²) in [7, 11) is 1.62. The Balaban J connectivity index is 1.81. The van der Waals surface area contributed by atoms with Crippen molar-refractivity contribution in [3.8, 4) is 5.75 Å². The second-order valence-corrected chi connectivity index (χ2v) is 6.22. The fourth-order valence-electron chi connectivity index (χ4n) is 2.91. The lowest BCUT2D eigenvalue weighted by Crippen LogP contribution is -2.41. The van der Waals surface area contributed by atoms with Crippen molar-refractivity contribution < 1.29 is 24.5 Å². The Hall–Kier alpha value is -1.83. The molecule has 1 aliphatic heterocycles. The Labute approximate surface area is 148 Å². The van der Waals surface area contributed by atoms with Crippen LogP contribution in [-0.2, 0) is 11.2 Å². The minimum absolute atomic E-state index is 0.136. The molecule has 7 heteroatoms. The van der Waals surface area contributed by atoms with Crippen LogP contribution in [0.4, 0.5) is 4.79 Å². The second kappa shape index (κ2) is 10.2. The first kappa shape index (κ1) is 19.5. The predicted molar refractivity (Wildman–Crippen MR) is 93.7 cm³/mol. The van der Waals surface area contributed by atoms with E-state index in [0.29, 0.717) is 19.5 Å². The van der Waals surface area contributed by atoms with Crippen LogP contribution >= 0.6 is 0 Å². The number of hydrogen-bond donors (Lipinski definition) is 4. The van der Waals surface area contributed by atoms with E-state index in [0.717, 1.165) is 30.6 Å². The van der Waals surface area contributed by atoms with Crippen molar-refractivity contribution in [2.75, 3.05) is 26.8 Å². The van der Waals surface area contributed by atoms with Crippen LogP contribution in [0.3, 0.4) is 0 Å². The topological polar surface area (TPSA) is 100 Å². The van der Waals surface area contributed by atoms with Gasteiger partial charge in [0.15, 0.2) is 0 Å². The molecule has 25 heavy (non-hydrogen) atoms. The molecule has 0 aliphatic carbocycles. The predicted octanol–water partition coefficient (Wildman–Crippen LogP) is 0.828. The first-order valence-corrected chi connectivity index (χ1v) is 8.73. The zero-order valence-corrected chi connectivity index (χ0v) is 14.6.